The number of nitro groups is 1. The second-order valence-electron chi connectivity index (χ2n) is 18.4. The quantitative estimate of drug-likeness (QED) is 0.0782. The van der Waals surface area contributed by atoms with Crippen molar-refractivity contribution in [1.82, 2.24) is 19.8 Å². The van der Waals surface area contributed by atoms with Gasteiger partial charge in [0.25, 0.3) is 5.69 Å². The monoisotopic (exact) mass is 978 g/mol. The fourth-order valence-electron chi connectivity index (χ4n) is 9.02. The van der Waals surface area contributed by atoms with Crippen molar-refractivity contribution in [3.05, 3.63) is 201 Å². The zero-order valence-electron chi connectivity index (χ0n) is 41.0. The predicted molar refractivity (Wildman–Crippen MR) is 276 cm³/mol. The number of carbonyl (C=O) groups is 2. The van der Waals surface area contributed by atoms with Crippen LogP contribution in [-0.2, 0) is 67.9 Å². The van der Waals surface area contributed by atoms with Crippen LogP contribution in [0.3, 0.4) is 0 Å². The van der Waals surface area contributed by atoms with E-state index in [1.54, 1.807) is 12.3 Å². The van der Waals surface area contributed by atoms with Gasteiger partial charge in [0.2, 0.25) is 0 Å². The molecule has 0 radical (unpaired) electrons. The second-order valence-corrected chi connectivity index (χ2v) is 18.4. The molecule has 2 aromatic heterocycles. The molecule has 6 aromatic rings. The number of hydrogen-bond acceptors (Lipinski definition) is 14. The summed E-state index contributed by atoms with van der Waals surface area (Å²) in [6.45, 7) is 10.0. The highest BCUT2D eigenvalue weighted by Crippen LogP contribution is 2.30. The molecule has 0 spiro atoms. The van der Waals surface area contributed by atoms with E-state index in [-0.39, 0.29) is 23.4 Å². The molecule has 0 bridgehead atoms. The highest BCUT2D eigenvalue weighted by Gasteiger charge is 2.28. The summed E-state index contributed by atoms with van der Waals surface area (Å²) in [7, 11) is 0. The molecule has 2 saturated heterocycles. The standard InChI is InChI=1S/C23H23N3O3.C20H23NO2.C9H13N3O.C5H8O2/c27-26(28)22-11-20-16-29-17-21(23(20)24-12-22)15-25(13-18-7-3-1-4-8-18)14-19-9-5-2-6-10-19;22-20-11-12-23-16-19(20)15-21(13-17-7-3-1-4-8-17)14-18-9-5-2-6-10-18;10-2-7-5-13-4-6-1-8(11)3-12-9(6)7;6-5-1-3-7-4-2-5/h1-12,21H,13-17H2;1-10,19H,11-16H2;1,3,7H,2,4-5,10-11H2;1-4H2. The average molecular weight is 978 g/mol. The summed E-state index contributed by atoms with van der Waals surface area (Å²) in [5.41, 5.74) is 20.8. The number of aromatic nitrogens is 2. The molecule has 4 N–H and O–H groups in total. The van der Waals surface area contributed by atoms with Crippen LogP contribution in [0.4, 0.5) is 11.4 Å². The van der Waals surface area contributed by atoms with Gasteiger partial charge in [-0.25, -0.2) is 0 Å². The van der Waals surface area contributed by atoms with Gasteiger partial charge in [-0.15, -0.1) is 0 Å². The first-order valence-corrected chi connectivity index (χ1v) is 24.7. The van der Waals surface area contributed by atoms with Crippen LogP contribution in [0, 0.1) is 16.0 Å². The zero-order chi connectivity index (χ0) is 50.3. The number of fused-ring (bicyclic) bond motifs is 2. The third-order valence-electron chi connectivity index (χ3n) is 12.7. The van der Waals surface area contributed by atoms with Crippen molar-refractivity contribution in [2.75, 3.05) is 65.0 Å². The number of carbonyl (C=O) groups excluding carboxylic acids is 2. The van der Waals surface area contributed by atoms with Crippen LogP contribution < -0.4 is 11.5 Å². The molecule has 10 rings (SSSR count). The van der Waals surface area contributed by atoms with E-state index in [4.69, 9.17) is 30.4 Å². The second kappa shape index (κ2) is 28.5. The Hall–Kier alpha value is -6.56. The molecule has 2 fully saturated rings. The van der Waals surface area contributed by atoms with Crippen molar-refractivity contribution in [1.29, 1.82) is 0 Å². The minimum absolute atomic E-state index is 0.00354. The Labute approximate surface area is 422 Å². The van der Waals surface area contributed by atoms with Crippen LogP contribution in [0.2, 0.25) is 0 Å². The topological polar surface area (TPSA) is 198 Å². The van der Waals surface area contributed by atoms with E-state index in [9.17, 15) is 19.7 Å². The van der Waals surface area contributed by atoms with Crippen molar-refractivity contribution < 1.29 is 33.5 Å². The lowest BCUT2D eigenvalue weighted by Gasteiger charge is -2.30. The number of rotatable bonds is 14. The van der Waals surface area contributed by atoms with E-state index >= 15 is 0 Å². The van der Waals surface area contributed by atoms with Crippen LogP contribution >= 0.6 is 0 Å². The van der Waals surface area contributed by atoms with Crippen molar-refractivity contribution in [2.24, 2.45) is 11.7 Å². The number of ether oxygens (including phenoxy) is 4. The molecular formula is C57H67N7O8. The van der Waals surface area contributed by atoms with Crippen molar-refractivity contribution in [2.45, 2.75) is 70.5 Å². The number of anilines is 1. The molecule has 3 atom stereocenters. The maximum atomic E-state index is 12.1. The molecule has 72 heavy (non-hydrogen) atoms. The Morgan fingerprint density at radius 2 is 0.986 bits per heavy atom. The normalized spacial score (nSPS) is 18.2. The third-order valence-corrected chi connectivity index (χ3v) is 12.7. The van der Waals surface area contributed by atoms with Gasteiger partial charge in [-0.05, 0) is 28.3 Å². The summed E-state index contributed by atoms with van der Waals surface area (Å²) in [4.78, 5) is 46.6. The number of benzene rings is 4. The molecule has 4 aliphatic heterocycles. The molecule has 0 amide bonds. The van der Waals surface area contributed by atoms with Gasteiger partial charge in [0.05, 0.1) is 87.0 Å². The number of hydrogen-bond donors (Lipinski definition) is 2. The minimum Gasteiger partial charge on any atom is -0.397 e. The summed E-state index contributed by atoms with van der Waals surface area (Å²) in [6.07, 6.45) is 4.83. The first-order chi connectivity index (χ1) is 35.2. The average Bonchev–Trinajstić information content (AvgIpc) is 3.41. The molecule has 378 valence electrons. The van der Waals surface area contributed by atoms with E-state index in [0.29, 0.717) is 95.9 Å². The molecular weight excluding hydrogens is 911 g/mol. The lowest BCUT2D eigenvalue weighted by Crippen LogP contribution is -2.38. The summed E-state index contributed by atoms with van der Waals surface area (Å²) >= 11 is 0. The Morgan fingerprint density at radius 1 is 0.556 bits per heavy atom. The zero-order valence-corrected chi connectivity index (χ0v) is 41.0. The van der Waals surface area contributed by atoms with Gasteiger partial charge in [-0.2, -0.15) is 0 Å². The fraction of sp³-hybridized carbons (Fsp3) is 0.368. The molecule has 0 aliphatic carbocycles. The molecule has 15 nitrogen and oxygen atoms in total. The molecule has 15 heteroatoms. The molecule has 0 saturated carbocycles. The molecule has 3 unspecified atom stereocenters. The van der Waals surface area contributed by atoms with Gasteiger partial charge >= 0.3 is 0 Å². The smallest absolute Gasteiger partial charge is 0.287 e. The van der Waals surface area contributed by atoms with E-state index in [1.165, 1.54) is 28.5 Å². The minimum atomic E-state index is -0.409. The highest BCUT2D eigenvalue weighted by atomic mass is 16.6. The maximum absolute atomic E-state index is 12.1. The summed E-state index contributed by atoms with van der Waals surface area (Å²) in [5.74, 6) is 0.973. The Balaban J connectivity index is 0.000000156. The van der Waals surface area contributed by atoms with E-state index < -0.39 is 4.92 Å². The number of nitrogens with zero attached hydrogens (tertiary/aromatic N) is 5. The summed E-state index contributed by atoms with van der Waals surface area (Å²) in [5, 5.41) is 11.1. The van der Waals surface area contributed by atoms with Crippen molar-refractivity contribution in [3.63, 3.8) is 0 Å². The summed E-state index contributed by atoms with van der Waals surface area (Å²) in [6, 6.07) is 45.1. The van der Waals surface area contributed by atoms with E-state index in [0.717, 1.165) is 61.8 Å². The number of pyridine rings is 2. The Kier molecular flexibility index (Phi) is 21.1. The molecule has 4 aliphatic rings. The lowest BCUT2D eigenvalue weighted by molar-refractivity contribution is -0.385. The Bertz CT molecular complexity index is 2500. The molecule has 4 aromatic carbocycles. The van der Waals surface area contributed by atoms with Gasteiger partial charge in [0.1, 0.15) is 17.8 Å². The molecule has 6 heterocycles. The van der Waals surface area contributed by atoms with Crippen molar-refractivity contribution in [3.8, 4) is 0 Å². The van der Waals surface area contributed by atoms with Gasteiger partial charge in [0, 0.05) is 94.1 Å². The van der Waals surface area contributed by atoms with Gasteiger partial charge in [-0.3, -0.25) is 39.5 Å². The fourth-order valence-corrected chi connectivity index (χ4v) is 9.02. The first-order valence-electron chi connectivity index (χ1n) is 24.7. The number of nitrogen functional groups attached to an aromatic ring is 1. The van der Waals surface area contributed by atoms with Crippen LogP contribution in [0.5, 0.6) is 0 Å². The number of nitrogens with two attached hydrogens (primary N) is 2. The first kappa shape index (κ1) is 53.2. The van der Waals surface area contributed by atoms with E-state index in [1.807, 2.05) is 30.3 Å². The van der Waals surface area contributed by atoms with Crippen LogP contribution in [-0.4, -0.2) is 95.5 Å². The largest absolute Gasteiger partial charge is 0.397 e. The predicted octanol–water partition coefficient (Wildman–Crippen LogP) is 8.20. The maximum Gasteiger partial charge on any atom is 0.287 e. The van der Waals surface area contributed by atoms with E-state index in [2.05, 4.69) is 117 Å². The Morgan fingerprint density at radius 3 is 1.44 bits per heavy atom. The van der Waals surface area contributed by atoms with Crippen molar-refractivity contribution >= 4 is 22.9 Å². The van der Waals surface area contributed by atoms with Crippen LogP contribution in [0.25, 0.3) is 0 Å². The third kappa shape index (κ3) is 17.1. The lowest BCUT2D eigenvalue weighted by atomic mass is 9.97. The van der Waals surface area contributed by atoms with Crippen LogP contribution in [0.15, 0.2) is 146 Å². The van der Waals surface area contributed by atoms with Gasteiger partial charge < -0.3 is 30.4 Å². The SMILES string of the molecule is NCC1COCc2cc(N)cnc21.O=C1CCOCC1.O=C1CCOCC1CN(Cc1ccccc1)Cc1ccccc1.O=[N+]([O-])c1cnc2c(c1)COCC2CN(Cc1ccccc1)Cc1ccccc1. The van der Waals surface area contributed by atoms with Gasteiger partial charge in [-0.1, -0.05) is 121 Å². The number of Topliss-reactive ketones (excluding diaryl/α,β-unsaturated/α-hetero) is 2. The number of ketones is 2. The summed E-state index contributed by atoms with van der Waals surface area (Å²) < 4.78 is 21.6. The highest BCUT2D eigenvalue weighted by molar-refractivity contribution is 5.82. The van der Waals surface area contributed by atoms with Gasteiger partial charge in [0.15, 0.2) is 0 Å². The van der Waals surface area contributed by atoms with Crippen LogP contribution in [0.1, 0.15) is 75.9 Å².